The van der Waals surface area contributed by atoms with Crippen LogP contribution in [0.5, 0.6) is 5.75 Å². The Hall–Kier alpha value is -1.26. The van der Waals surface area contributed by atoms with E-state index in [4.69, 9.17) is 4.74 Å². The number of benzene rings is 1. The molecule has 2 bridgehead atoms. The van der Waals surface area contributed by atoms with Gasteiger partial charge in [0.15, 0.2) is 0 Å². The van der Waals surface area contributed by atoms with Crippen LogP contribution in [0.15, 0.2) is 18.2 Å². The molecule has 5 heteroatoms. The van der Waals surface area contributed by atoms with Crippen molar-refractivity contribution in [3.05, 3.63) is 29.3 Å². The van der Waals surface area contributed by atoms with Gasteiger partial charge in [0.25, 0.3) is 0 Å². The first-order valence-electron chi connectivity index (χ1n) is 8.36. The van der Waals surface area contributed by atoms with Crippen molar-refractivity contribution in [1.29, 1.82) is 0 Å². The lowest BCUT2D eigenvalue weighted by Crippen LogP contribution is -2.48. The van der Waals surface area contributed by atoms with Crippen molar-refractivity contribution in [1.82, 2.24) is 10.6 Å². The largest absolute Gasteiger partial charge is 0.493 e. The lowest BCUT2D eigenvalue weighted by molar-refractivity contribution is -0.122. The Kier molecular flexibility index (Phi) is 6.31. The molecule has 23 heavy (non-hydrogen) atoms. The molecule has 2 aliphatic rings. The lowest BCUT2D eigenvalue weighted by atomic mass is 10.00. The number of carbonyl (C=O) groups is 1. The number of carbonyl (C=O) groups excluding carboxylic acids is 1. The summed E-state index contributed by atoms with van der Waals surface area (Å²) in [7, 11) is 0. The number of ether oxygens (including phenoxy) is 1. The summed E-state index contributed by atoms with van der Waals surface area (Å²) in [4.78, 5) is 12.1. The molecule has 0 spiro atoms. The third-order valence-electron chi connectivity index (χ3n) is 4.98. The zero-order valence-electron chi connectivity index (χ0n) is 13.9. The molecular formula is C18H27ClN2O2. The Morgan fingerprint density at radius 2 is 1.96 bits per heavy atom. The minimum absolute atomic E-state index is 0. The first-order chi connectivity index (χ1) is 10.6. The molecule has 1 aromatic rings. The van der Waals surface area contributed by atoms with Gasteiger partial charge >= 0.3 is 0 Å². The Labute approximate surface area is 144 Å². The molecular weight excluding hydrogens is 312 g/mol. The first kappa shape index (κ1) is 18.1. The third-order valence-corrected chi connectivity index (χ3v) is 4.98. The molecule has 2 saturated heterocycles. The van der Waals surface area contributed by atoms with Crippen LogP contribution < -0.4 is 15.4 Å². The van der Waals surface area contributed by atoms with Gasteiger partial charge < -0.3 is 15.4 Å². The summed E-state index contributed by atoms with van der Waals surface area (Å²) in [6, 6.07) is 7.57. The molecule has 0 aromatic heterocycles. The van der Waals surface area contributed by atoms with Crippen LogP contribution in [0, 0.1) is 13.8 Å². The highest BCUT2D eigenvalue weighted by Crippen LogP contribution is 2.26. The quantitative estimate of drug-likeness (QED) is 0.868. The van der Waals surface area contributed by atoms with Crippen LogP contribution in [0.2, 0.25) is 0 Å². The van der Waals surface area contributed by atoms with Crippen molar-refractivity contribution in [2.75, 3.05) is 6.61 Å². The molecule has 128 valence electrons. The molecule has 0 radical (unpaired) electrons. The van der Waals surface area contributed by atoms with Crippen molar-refractivity contribution in [2.24, 2.45) is 0 Å². The fourth-order valence-electron chi connectivity index (χ4n) is 3.61. The Morgan fingerprint density at radius 1 is 1.26 bits per heavy atom. The van der Waals surface area contributed by atoms with Gasteiger partial charge in [-0.3, -0.25) is 4.79 Å². The summed E-state index contributed by atoms with van der Waals surface area (Å²) in [5.41, 5.74) is 2.37. The smallest absolute Gasteiger partial charge is 0.223 e. The van der Waals surface area contributed by atoms with Crippen LogP contribution in [0.1, 0.15) is 43.2 Å². The van der Waals surface area contributed by atoms with E-state index in [1.54, 1.807) is 0 Å². The van der Waals surface area contributed by atoms with E-state index in [0.29, 0.717) is 31.2 Å². The highest BCUT2D eigenvalue weighted by Gasteiger charge is 2.33. The molecule has 1 amide bonds. The van der Waals surface area contributed by atoms with E-state index in [9.17, 15) is 4.79 Å². The number of fused-ring (bicyclic) bond motifs is 2. The van der Waals surface area contributed by atoms with Gasteiger partial charge in [0.1, 0.15) is 5.75 Å². The summed E-state index contributed by atoms with van der Waals surface area (Å²) >= 11 is 0. The van der Waals surface area contributed by atoms with E-state index >= 15 is 0 Å². The third kappa shape index (κ3) is 4.61. The number of rotatable bonds is 5. The minimum atomic E-state index is 0. The molecule has 1 aromatic carbocycles. The molecule has 0 saturated carbocycles. The Bertz CT molecular complexity index is 538. The van der Waals surface area contributed by atoms with E-state index in [1.807, 2.05) is 12.1 Å². The average molecular weight is 339 g/mol. The number of aryl methyl sites for hydroxylation is 1. The average Bonchev–Trinajstić information content (AvgIpc) is 2.82. The summed E-state index contributed by atoms with van der Waals surface area (Å²) in [6.07, 6.45) is 5.08. The molecule has 2 aliphatic heterocycles. The van der Waals surface area contributed by atoms with Crippen LogP contribution in [0.25, 0.3) is 0 Å². The van der Waals surface area contributed by atoms with Crippen molar-refractivity contribution in [2.45, 2.75) is 64.1 Å². The van der Waals surface area contributed by atoms with Gasteiger partial charge in [-0.15, -0.1) is 12.4 Å². The molecule has 2 N–H and O–H groups in total. The van der Waals surface area contributed by atoms with Crippen LogP contribution in [0.3, 0.4) is 0 Å². The Balaban J connectivity index is 0.00000192. The second kappa shape index (κ2) is 8.02. The van der Waals surface area contributed by atoms with Crippen LogP contribution in [-0.2, 0) is 4.79 Å². The van der Waals surface area contributed by atoms with Crippen LogP contribution in [-0.4, -0.2) is 30.6 Å². The van der Waals surface area contributed by atoms with E-state index in [1.165, 1.54) is 18.4 Å². The highest BCUT2D eigenvalue weighted by molar-refractivity contribution is 5.85. The number of hydrogen-bond donors (Lipinski definition) is 2. The van der Waals surface area contributed by atoms with Crippen molar-refractivity contribution in [3.8, 4) is 5.75 Å². The predicted molar refractivity (Wildman–Crippen MR) is 94.4 cm³/mol. The standard InChI is InChI=1S/C18H26N2O2.ClH/c1-12-4-3-5-17(13(12)2)22-9-8-18(21)20-16-10-14-6-7-15(11-16)19-14;/h3-5,14-16,19H,6-11H2,1-2H3,(H,20,21);1H. The second-order valence-electron chi connectivity index (χ2n) is 6.67. The summed E-state index contributed by atoms with van der Waals surface area (Å²) in [5, 5.41) is 6.77. The van der Waals surface area contributed by atoms with Crippen molar-refractivity contribution < 1.29 is 9.53 Å². The topological polar surface area (TPSA) is 50.4 Å². The normalized spacial score (nSPS) is 25.6. The minimum Gasteiger partial charge on any atom is -0.493 e. The van der Waals surface area contributed by atoms with Crippen molar-refractivity contribution in [3.63, 3.8) is 0 Å². The van der Waals surface area contributed by atoms with Gasteiger partial charge in [-0.05, 0) is 56.7 Å². The van der Waals surface area contributed by atoms with E-state index in [2.05, 4.69) is 30.5 Å². The fraction of sp³-hybridized carbons (Fsp3) is 0.611. The lowest BCUT2D eigenvalue weighted by Gasteiger charge is -2.29. The molecule has 2 heterocycles. The zero-order chi connectivity index (χ0) is 15.5. The summed E-state index contributed by atoms with van der Waals surface area (Å²) in [6.45, 7) is 4.56. The fourth-order valence-corrected chi connectivity index (χ4v) is 3.61. The molecule has 3 rings (SSSR count). The second-order valence-corrected chi connectivity index (χ2v) is 6.67. The molecule has 0 aliphatic carbocycles. The number of halogens is 1. The number of hydrogen-bond acceptors (Lipinski definition) is 3. The molecule has 2 atom stereocenters. The van der Waals surface area contributed by atoms with E-state index in [0.717, 1.165) is 24.2 Å². The molecule has 2 fully saturated rings. The number of piperidine rings is 1. The van der Waals surface area contributed by atoms with E-state index < -0.39 is 0 Å². The number of nitrogens with one attached hydrogen (secondary N) is 2. The van der Waals surface area contributed by atoms with Gasteiger partial charge in [-0.1, -0.05) is 12.1 Å². The highest BCUT2D eigenvalue weighted by atomic mass is 35.5. The maximum absolute atomic E-state index is 12.1. The Morgan fingerprint density at radius 3 is 2.65 bits per heavy atom. The van der Waals surface area contributed by atoms with Crippen LogP contribution >= 0.6 is 12.4 Å². The van der Waals surface area contributed by atoms with Gasteiger partial charge in [0.05, 0.1) is 13.0 Å². The van der Waals surface area contributed by atoms with Gasteiger partial charge in [-0.2, -0.15) is 0 Å². The zero-order valence-corrected chi connectivity index (χ0v) is 14.7. The molecule has 2 unspecified atom stereocenters. The number of amides is 1. The monoisotopic (exact) mass is 338 g/mol. The SMILES string of the molecule is Cc1cccc(OCCC(=O)NC2CC3CCC(C2)N3)c1C.Cl. The maximum atomic E-state index is 12.1. The van der Waals surface area contributed by atoms with Crippen LogP contribution in [0.4, 0.5) is 0 Å². The van der Waals surface area contributed by atoms with Gasteiger partial charge in [0.2, 0.25) is 5.91 Å². The van der Waals surface area contributed by atoms with Gasteiger partial charge in [-0.25, -0.2) is 0 Å². The van der Waals surface area contributed by atoms with Gasteiger partial charge in [0, 0.05) is 18.1 Å². The first-order valence-corrected chi connectivity index (χ1v) is 8.36. The summed E-state index contributed by atoms with van der Waals surface area (Å²) < 4.78 is 5.76. The summed E-state index contributed by atoms with van der Waals surface area (Å²) in [5.74, 6) is 0.990. The maximum Gasteiger partial charge on any atom is 0.223 e. The van der Waals surface area contributed by atoms with Crippen molar-refractivity contribution >= 4 is 18.3 Å². The van der Waals surface area contributed by atoms with E-state index in [-0.39, 0.29) is 18.3 Å². The molecule has 4 nitrogen and oxygen atoms in total. The predicted octanol–water partition coefficient (Wildman–Crippen LogP) is 2.89.